The molecule has 3 nitrogen and oxygen atoms in total. The van der Waals surface area contributed by atoms with Gasteiger partial charge in [-0.25, -0.2) is 4.79 Å². The number of hydrogen-bond donors (Lipinski definition) is 0. The van der Waals surface area contributed by atoms with Crippen molar-refractivity contribution in [2.75, 3.05) is 0 Å². The van der Waals surface area contributed by atoms with E-state index in [9.17, 15) is 4.79 Å². The van der Waals surface area contributed by atoms with Crippen molar-refractivity contribution in [2.24, 2.45) is 0 Å². The Kier molecular flexibility index (Phi) is 6.29. The summed E-state index contributed by atoms with van der Waals surface area (Å²) in [6.07, 6.45) is 3.09. The van der Waals surface area contributed by atoms with E-state index >= 15 is 0 Å². The van der Waals surface area contributed by atoms with Gasteiger partial charge in [0, 0.05) is 18.0 Å². The molecular formula is C17H25NO2. The van der Waals surface area contributed by atoms with Crippen molar-refractivity contribution in [3.05, 3.63) is 48.2 Å². The highest BCUT2D eigenvalue weighted by Gasteiger charge is 2.20. The quantitative estimate of drug-likeness (QED) is 0.737. The maximum Gasteiger partial charge on any atom is 0.415 e. The highest BCUT2D eigenvalue weighted by molar-refractivity contribution is 5.69. The minimum atomic E-state index is -0.300. The number of rotatable bonds is 5. The van der Waals surface area contributed by atoms with E-state index in [1.54, 1.807) is 4.90 Å². The van der Waals surface area contributed by atoms with E-state index in [0.717, 1.165) is 0 Å². The minimum absolute atomic E-state index is 0.127. The summed E-state index contributed by atoms with van der Waals surface area (Å²) in [7, 11) is 0. The molecule has 0 unspecified atom stereocenters. The van der Waals surface area contributed by atoms with Crippen molar-refractivity contribution in [3.8, 4) is 0 Å². The van der Waals surface area contributed by atoms with Gasteiger partial charge in [0.15, 0.2) is 0 Å². The molecule has 1 aromatic rings. The number of ether oxygens (including phenoxy) is 1. The molecule has 0 aliphatic heterocycles. The molecule has 20 heavy (non-hydrogen) atoms. The lowest BCUT2D eigenvalue weighted by molar-refractivity contribution is 0.109. The average molecular weight is 275 g/mol. The molecule has 0 radical (unpaired) electrons. The summed E-state index contributed by atoms with van der Waals surface area (Å²) < 4.78 is 5.23. The smallest absolute Gasteiger partial charge is 0.415 e. The van der Waals surface area contributed by atoms with Gasteiger partial charge in [0.1, 0.15) is 0 Å². The molecule has 0 aliphatic carbocycles. The first-order valence-corrected chi connectivity index (χ1v) is 7.14. The number of amides is 1. The van der Waals surface area contributed by atoms with E-state index in [4.69, 9.17) is 4.74 Å². The summed E-state index contributed by atoms with van der Waals surface area (Å²) in [6, 6.07) is 10.4. The van der Waals surface area contributed by atoms with Crippen LogP contribution >= 0.6 is 0 Å². The van der Waals surface area contributed by atoms with Crippen molar-refractivity contribution in [1.82, 2.24) is 4.90 Å². The average Bonchev–Trinajstić information content (AvgIpc) is 2.38. The second-order valence-corrected chi connectivity index (χ2v) is 5.51. The number of benzene rings is 1. The second kappa shape index (κ2) is 7.73. The third kappa shape index (κ3) is 4.72. The fourth-order valence-corrected chi connectivity index (χ4v) is 2.16. The first-order chi connectivity index (χ1) is 9.43. The van der Waals surface area contributed by atoms with Crippen LogP contribution in [0.25, 0.3) is 0 Å². The van der Waals surface area contributed by atoms with Gasteiger partial charge >= 0.3 is 6.09 Å². The molecule has 0 bridgehead atoms. The normalized spacial score (nSPS) is 12.9. The number of hydrogen-bond acceptors (Lipinski definition) is 2. The van der Waals surface area contributed by atoms with E-state index in [1.807, 2.05) is 52.0 Å². The summed E-state index contributed by atoms with van der Waals surface area (Å²) in [4.78, 5) is 13.7. The van der Waals surface area contributed by atoms with E-state index in [1.165, 1.54) is 11.8 Å². The molecule has 0 aromatic heterocycles. The van der Waals surface area contributed by atoms with Gasteiger partial charge in [-0.2, -0.15) is 0 Å². The molecule has 1 rings (SSSR count). The van der Waals surface area contributed by atoms with Gasteiger partial charge in [0.05, 0.1) is 6.26 Å². The zero-order valence-electron chi connectivity index (χ0n) is 13.0. The Morgan fingerprint density at radius 3 is 2.10 bits per heavy atom. The summed E-state index contributed by atoms with van der Waals surface area (Å²) in [6.45, 7) is 10.0. The van der Waals surface area contributed by atoms with Crippen molar-refractivity contribution in [2.45, 2.75) is 52.6 Å². The first-order valence-electron chi connectivity index (χ1n) is 7.14. The maximum absolute atomic E-state index is 12.0. The molecule has 0 saturated carbocycles. The molecule has 3 heteroatoms. The molecule has 0 saturated heterocycles. The van der Waals surface area contributed by atoms with Crippen molar-refractivity contribution in [3.63, 3.8) is 0 Å². The summed E-state index contributed by atoms with van der Waals surface area (Å²) >= 11 is 0. The topological polar surface area (TPSA) is 29.5 Å². The van der Waals surface area contributed by atoms with Crippen LogP contribution in [0.1, 0.15) is 46.1 Å². The van der Waals surface area contributed by atoms with Crippen molar-refractivity contribution in [1.29, 1.82) is 0 Å². The Morgan fingerprint density at radius 1 is 1.05 bits per heavy atom. The van der Waals surface area contributed by atoms with Gasteiger partial charge in [0.2, 0.25) is 0 Å². The number of carbonyl (C=O) groups excluding carboxylic acids is 1. The lowest BCUT2D eigenvalue weighted by Crippen LogP contribution is -2.41. The third-order valence-electron chi connectivity index (χ3n) is 3.18. The first kappa shape index (κ1) is 16.3. The summed E-state index contributed by atoms with van der Waals surface area (Å²) in [5.41, 5.74) is 1.20. The van der Waals surface area contributed by atoms with Gasteiger partial charge in [-0.1, -0.05) is 37.3 Å². The highest BCUT2D eigenvalue weighted by Crippen LogP contribution is 2.16. The van der Waals surface area contributed by atoms with Crippen LogP contribution in [0.3, 0.4) is 0 Å². The predicted octanol–water partition coefficient (Wildman–Crippen LogP) is 4.56. The molecule has 0 N–H and O–H groups in total. The van der Waals surface area contributed by atoms with E-state index < -0.39 is 0 Å². The van der Waals surface area contributed by atoms with Crippen LogP contribution < -0.4 is 0 Å². The van der Waals surface area contributed by atoms with Gasteiger partial charge in [-0.15, -0.1) is 0 Å². The Morgan fingerprint density at radius 2 is 1.60 bits per heavy atom. The van der Waals surface area contributed by atoms with E-state index in [0.29, 0.717) is 0 Å². The van der Waals surface area contributed by atoms with E-state index in [2.05, 4.69) is 19.1 Å². The van der Waals surface area contributed by atoms with Crippen molar-refractivity contribution < 1.29 is 9.53 Å². The van der Waals surface area contributed by atoms with Gasteiger partial charge < -0.3 is 9.64 Å². The van der Waals surface area contributed by atoms with Gasteiger partial charge in [-0.3, -0.25) is 0 Å². The molecule has 110 valence electrons. The highest BCUT2D eigenvalue weighted by atomic mass is 16.5. The van der Waals surface area contributed by atoms with Crippen LogP contribution in [0.5, 0.6) is 0 Å². The number of carbonyl (C=O) groups is 1. The van der Waals surface area contributed by atoms with Crippen LogP contribution in [0.2, 0.25) is 0 Å². The molecule has 1 amide bonds. The fraction of sp³-hybridized carbons (Fsp3) is 0.471. The molecule has 0 aliphatic rings. The Labute approximate surface area is 122 Å². The Hall–Kier alpha value is -1.77. The van der Waals surface area contributed by atoms with Crippen LogP contribution in [0.4, 0.5) is 4.79 Å². The Balaban J connectivity index is 2.58. The largest absolute Gasteiger partial charge is 0.418 e. The summed E-state index contributed by atoms with van der Waals surface area (Å²) in [5, 5.41) is 0. The summed E-state index contributed by atoms with van der Waals surface area (Å²) in [5.74, 6) is 0.218. The number of nitrogens with zero attached hydrogens (tertiary/aromatic N) is 1. The molecule has 0 fully saturated rings. The number of allylic oxidation sites excluding steroid dienone is 1. The maximum atomic E-state index is 12.0. The monoisotopic (exact) mass is 275 g/mol. The lowest BCUT2D eigenvalue weighted by Gasteiger charge is -2.28. The third-order valence-corrected chi connectivity index (χ3v) is 3.18. The van der Waals surface area contributed by atoms with Crippen LogP contribution in [0, 0.1) is 0 Å². The Bertz CT molecular complexity index is 430. The molecule has 1 aromatic carbocycles. The SMILES string of the molecule is CC(C)N(C(=O)O/C=C\[C@H](C)c1ccccc1)C(C)C. The molecule has 1 atom stereocenters. The molecule has 0 spiro atoms. The van der Waals surface area contributed by atoms with Gasteiger partial charge in [0.25, 0.3) is 0 Å². The van der Waals surface area contributed by atoms with Crippen LogP contribution in [-0.2, 0) is 4.74 Å². The van der Waals surface area contributed by atoms with Gasteiger partial charge in [-0.05, 0) is 39.3 Å². The zero-order valence-corrected chi connectivity index (χ0v) is 13.0. The molecule has 0 heterocycles. The lowest BCUT2D eigenvalue weighted by atomic mass is 10.0. The van der Waals surface area contributed by atoms with E-state index in [-0.39, 0.29) is 24.1 Å². The standard InChI is InChI=1S/C17H25NO2/c1-13(2)18(14(3)4)17(19)20-12-11-15(5)16-9-7-6-8-10-16/h6-15H,1-5H3/b12-11-/t15-/m0/s1. The predicted molar refractivity (Wildman–Crippen MR) is 82.6 cm³/mol. The second-order valence-electron chi connectivity index (χ2n) is 5.51. The molecular weight excluding hydrogens is 250 g/mol. The van der Waals surface area contributed by atoms with Crippen LogP contribution in [-0.4, -0.2) is 23.1 Å². The zero-order chi connectivity index (χ0) is 15.1. The fourth-order valence-electron chi connectivity index (χ4n) is 2.16. The van der Waals surface area contributed by atoms with Crippen molar-refractivity contribution >= 4 is 6.09 Å². The van der Waals surface area contributed by atoms with Crippen LogP contribution in [0.15, 0.2) is 42.7 Å². The minimum Gasteiger partial charge on any atom is -0.418 e.